The smallest absolute Gasteiger partial charge is 0.120 e. The fraction of sp³-hybridized carbons (Fsp3) is 0.294. The van der Waals surface area contributed by atoms with Gasteiger partial charge in [-0.2, -0.15) is 0 Å². The Morgan fingerprint density at radius 1 is 0.900 bits per heavy atom. The molecule has 2 aromatic rings. The van der Waals surface area contributed by atoms with Gasteiger partial charge in [-0.15, -0.1) is 0 Å². The van der Waals surface area contributed by atoms with Gasteiger partial charge in [0.1, 0.15) is 11.5 Å². The van der Waals surface area contributed by atoms with Crippen LogP contribution in [0.3, 0.4) is 0 Å². The Morgan fingerprint density at radius 3 is 2.20 bits per heavy atom. The molecule has 0 amide bonds. The number of rotatable bonds is 4. The zero-order valence-electron chi connectivity index (χ0n) is 12.1. The van der Waals surface area contributed by atoms with Crippen molar-refractivity contribution in [2.45, 2.75) is 32.9 Å². The van der Waals surface area contributed by atoms with Gasteiger partial charge in [0, 0.05) is 17.6 Å². The van der Waals surface area contributed by atoms with E-state index in [-0.39, 0.29) is 23.6 Å². The largest absolute Gasteiger partial charge is 0.508 e. The van der Waals surface area contributed by atoms with Crippen LogP contribution in [0.2, 0.25) is 0 Å². The van der Waals surface area contributed by atoms with E-state index in [0.29, 0.717) is 5.56 Å². The Morgan fingerprint density at radius 2 is 1.55 bits per heavy atom. The second-order valence-electron chi connectivity index (χ2n) is 5.26. The zero-order valence-corrected chi connectivity index (χ0v) is 12.1. The van der Waals surface area contributed by atoms with Crippen molar-refractivity contribution in [3.8, 4) is 11.5 Å². The minimum atomic E-state index is -0.0570. The molecule has 106 valence electrons. The van der Waals surface area contributed by atoms with Crippen LogP contribution in [0.1, 0.15) is 42.6 Å². The van der Waals surface area contributed by atoms with E-state index >= 15 is 0 Å². The normalized spacial score (nSPS) is 13.9. The highest BCUT2D eigenvalue weighted by Gasteiger charge is 2.14. The quantitative estimate of drug-likeness (QED) is 0.741. The van der Waals surface area contributed by atoms with Gasteiger partial charge in [0.25, 0.3) is 0 Å². The summed E-state index contributed by atoms with van der Waals surface area (Å²) in [4.78, 5) is 0. The molecule has 0 bridgehead atoms. The third-order valence-electron chi connectivity index (χ3n) is 3.55. The van der Waals surface area contributed by atoms with Crippen molar-refractivity contribution < 1.29 is 10.2 Å². The number of phenolic OH excluding ortho intramolecular Hbond substituents is 2. The molecule has 3 N–H and O–H groups in total. The fourth-order valence-corrected chi connectivity index (χ4v) is 2.30. The summed E-state index contributed by atoms with van der Waals surface area (Å²) >= 11 is 0. The number of nitrogens with one attached hydrogen (secondary N) is 1. The van der Waals surface area contributed by atoms with Crippen LogP contribution >= 0.6 is 0 Å². The summed E-state index contributed by atoms with van der Waals surface area (Å²) in [6.07, 6.45) is 0. The van der Waals surface area contributed by atoms with Crippen LogP contribution in [0.15, 0.2) is 42.5 Å². The average molecular weight is 271 g/mol. The second kappa shape index (κ2) is 5.97. The number of aryl methyl sites for hydroxylation is 1. The predicted octanol–water partition coefficient (Wildman–Crippen LogP) is 3.82. The van der Waals surface area contributed by atoms with Gasteiger partial charge in [0.05, 0.1) is 0 Å². The first-order valence-corrected chi connectivity index (χ1v) is 6.82. The highest BCUT2D eigenvalue weighted by Crippen LogP contribution is 2.29. The predicted molar refractivity (Wildman–Crippen MR) is 80.9 cm³/mol. The molecule has 0 fully saturated rings. The van der Waals surface area contributed by atoms with Crippen LogP contribution in [0.25, 0.3) is 0 Å². The topological polar surface area (TPSA) is 52.5 Å². The van der Waals surface area contributed by atoms with Gasteiger partial charge in [-0.25, -0.2) is 0 Å². The van der Waals surface area contributed by atoms with Gasteiger partial charge in [0.15, 0.2) is 0 Å². The Labute approximate surface area is 119 Å². The van der Waals surface area contributed by atoms with Crippen LogP contribution in [-0.4, -0.2) is 10.2 Å². The third-order valence-corrected chi connectivity index (χ3v) is 3.55. The standard InChI is InChI=1S/C17H21NO2/c1-11-4-6-14(7-5-11)12(2)18-13(3)16-10-15(19)8-9-17(16)20/h4-10,12-13,18-20H,1-3H3/t12-,13?/m1/s1. The molecule has 0 radical (unpaired) electrons. The van der Waals surface area contributed by atoms with E-state index in [1.165, 1.54) is 23.3 Å². The van der Waals surface area contributed by atoms with Gasteiger partial charge in [-0.05, 0) is 44.5 Å². The third kappa shape index (κ3) is 3.31. The second-order valence-corrected chi connectivity index (χ2v) is 5.26. The van der Waals surface area contributed by atoms with Crippen LogP contribution in [0, 0.1) is 6.92 Å². The maximum Gasteiger partial charge on any atom is 0.120 e. The lowest BCUT2D eigenvalue weighted by atomic mass is 10.0. The van der Waals surface area contributed by atoms with Crippen molar-refractivity contribution in [3.63, 3.8) is 0 Å². The number of hydrogen-bond donors (Lipinski definition) is 3. The Hall–Kier alpha value is -2.00. The average Bonchev–Trinajstić information content (AvgIpc) is 2.42. The van der Waals surface area contributed by atoms with Crippen molar-refractivity contribution in [2.75, 3.05) is 0 Å². The summed E-state index contributed by atoms with van der Waals surface area (Å²) in [7, 11) is 0. The van der Waals surface area contributed by atoms with Crippen molar-refractivity contribution in [2.24, 2.45) is 0 Å². The summed E-state index contributed by atoms with van der Waals surface area (Å²) in [6.45, 7) is 6.12. The molecule has 20 heavy (non-hydrogen) atoms. The molecule has 1 unspecified atom stereocenters. The van der Waals surface area contributed by atoms with E-state index in [4.69, 9.17) is 0 Å². The molecule has 0 spiro atoms. The van der Waals surface area contributed by atoms with Gasteiger partial charge in [0.2, 0.25) is 0 Å². The molecule has 0 saturated heterocycles. The zero-order chi connectivity index (χ0) is 14.7. The SMILES string of the molecule is Cc1ccc([C@@H](C)NC(C)c2cc(O)ccc2O)cc1. The van der Waals surface area contributed by atoms with Crippen molar-refractivity contribution in [1.29, 1.82) is 0 Å². The number of aromatic hydroxyl groups is 2. The number of hydrogen-bond acceptors (Lipinski definition) is 3. The Kier molecular flexibility index (Phi) is 4.30. The van der Waals surface area contributed by atoms with E-state index in [2.05, 4.69) is 43.4 Å². The first-order valence-electron chi connectivity index (χ1n) is 6.82. The molecule has 2 atom stereocenters. The van der Waals surface area contributed by atoms with Gasteiger partial charge in [-0.3, -0.25) is 0 Å². The maximum atomic E-state index is 9.87. The fourth-order valence-electron chi connectivity index (χ4n) is 2.30. The van der Waals surface area contributed by atoms with Gasteiger partial charge >= 0.3 is 0 Å². The number of phenols is 2. The molecule has 0 aromatic heterocycles. The first-order chi connectivity index (χ1) is 9.47. The molecule has 3 nitrogen and oxygen atoms in total. The van der Waals surface area contributed by atoms with E-state index in [0.717, 1.165) is 0 Å². The Balaban J connectivity index is 2.12. The van der Waals surface area contributed by atoms with Crippen LogP contribution in [0.5, 0.6) is 11.5 Å². The summed E-state index contributed by atoms with van der Waals surface area (Å²) in [5.41, 5.74) is 3.13. The van der Waals surface area contributed by atoms with Crippen LogP contribution in [-0.2, 0) is 0 Å². The molecule has 2 rings (SSSR count). The van der Waals surface area contributed by atoms with Crippen molar-refractivity contribution >= 4 is 0 Å². The van der Waals surface area contributed by atoms with Crippen LogP contribution < -0.4 is 5.32 Å². The molecule has 2 aromatic carbocycles. The summed E-state index contributed by atoms with van der Waals surface area (Å²) in [5.74, 6) is 0.355. The van der Waals surface area contributed by atoms with Crippen LogP contribution in [0.4, 0.5) is 0 Å². The molecule has 0 heterocycles. The highest BCUT2D eigenvalue weighted by molar-refractivity contribution is 5.40. The first kappa shape index (κ1) is 14.4. The van der Waals surface area contributed by atoms with Gasteiger partial charge in [-0.1, -0.05) is 29.8 Å². The van der Waals surface area contributed by atoms with E-state index in [9.17, 15) is 10.2 Å². The van der Waals surface area contributed by atoms with E-state index in [1.54, 1.807) is 6.07 Å². The molecule has 0 aliphatic rings. The lowest BCUT2D eigenvalue weighted by Gasteiger charge is -2.21. The monoisotopic (exact) mass is 271 g/mol. The molecule has 0 aliphatic carbocycles. The minimum Gasteiger partial charge on any atom is -0.508 e. The maximum absolute atomic E-state index is 9.87. The lowest BCUT2D eigenvalue weighted by molar-refractivity contribution is 0.429. The van der Waals surface area contributed by atoms with Crippen molar-refractivity contribution in [1.82, 2.24) is 5.32 Å². The molecule has 3 heteroatoms. The highest BCUT2D eigenvalue weighted by atomic mass is 16.3. The molecule has 0 saturated carbocycles. The molecular formula is C17H21NO2. The summed E-state index contributed by atoms with van der Waals surface area (Å²) in [5, 5.41) is 22.8. The molecule has 0 aliphatic heterocycles. The minimum absolute atomic E-state index is 0.0570. The Bertz CT molecular complexity index is 578. The van der Waals surface area contributed by atoms with E-state index < -0.39 is 0 Å². The molecular weight excluding hydrogens is 250 g/mol. The van der Waals surface area contributed by atoms with E-state index in [1.807, 2.05) is 6.92 Å². The van der Waals surface area contributed by atoms with Gasteiger partial charge < -0.3 is 15.5 Å². The van der Waals surface area contributed by atoms with Crippen molar-refractivity contribution in [3.05, 3.63) is 59.2 Å². The summed E-state index contributed by atoms with van der Waals surface area (Å²) < 4.78 is 0. The summed E-state index contributed by atoms with van der Waals surface area (Å²) in [6, 6.07) is 13.1. The number of benzene rings is 2. The lowest BCUT2D eigenvalue weighted by Crippen LogP contribution is -2.22.